The highest BCUT2D eigenvalue weighted by atomic mass is 31.2. The van der Waals surface area contributed by atoms with Gasteiger partial charge in [0.2, 0.25) is 0 Å². The molecule has 1 saturated heterocycles. The van der Waals surface area contributed by atoms with Crippen LogP contribution in [-0.2, 0) is 0 Å². The van der Waals surface area contributed by atoms with E-state index in [1.165, 1.54) is 25.2 Å². The summed E-state index contributed by atoms with van der Waals surface area (Å²) in [6.07, 6.45) is 9.53. The average molecular weight is 115 g/mol. The monoisotopic (exact) mass is 115 g/mol. The van der Waals surface area contributed by atoms with Gasteiger partial charge in [-0.3, -0.25) is 0 Å². The van der Waals surface area contributed by atoms with Gasteiger partial charge in [-0.05, 0) is 0 Å². The first kappa shape index (κ1) is 5.44. The molecule has 1 fully saturated rings. The van der Waals surface area contributed by atoms with Crippen LogP contribution in [0.5, 0.6) is 0 Å². The number of hydrogen-bond acceptors (Lipinski definition) is 0. The zero-order valence-corrected chi connectivity index (χ0v) is 5.58. The van der Waals surface area contributed by atoms with E-state index in [4.69, 9.17) is 0 Å². The van der Waals surface area contributed by atoms with Crippen molar-refractivity contribution in [2.45, 2.75) is 12.8 Å². The minimum absolute atomic E-state index is 0.793. The summed E-state index contributed by atoms with van der Waals surface area (Å²) in [7, 11) is 0. The summed E-state index contributed by atoms with van der Waals surface area (Å²) in [6.45, 7) is 3.28. The Morgan fingerprint density at radius 1 is 1.29 bits per heavy atom. The molecular weight excluding hydrogens is 103 g/mol. The summed E-state index contributed by atoms with van der Waals surface area (Å²) in [6, 6.07) is 0. The highest BCUT2D eigenvalue weighted by Gasteiger charge is 2.06. The molecule has 1 aliphatic heterocycles. The minimum atomic E-state index is -0.793. The molecule has 0 nitrogen and oxygen atoms in total. The van der Waals surface area contributed by atoms with Crippen molar-refractivity contribution in [3.63, 3.8) is 0 Å². The molecule has 0 amide bonds. The van der Waals surface area contributed by atoms with Crippen LogP contribution in [-0.4, -0.2) is 18.6 Å². The van der Waals surface area contributed by atoms with Crippen molar-refractivity contribution in [1.29, 1.82) is 0 Å². The number of rotatable bonds is 0. The maximum Gasteiger partial charge on any atom is -0.0515 e. The topological polar surface area (TPSA) is 0 Å². The van der Waals surface area contributed by atoms with Crippen molar-refractivity contribution >= 4 is 13.2 Å². The van der Waals surface area contributed by atoms with Crippen molar-refractivity contribution in [3.8, 4) is 0 Å². The first-order valence-electron chi connectivity index (χ1n) is 2.76. The molecule has 1 heterocycles. The molecule has 0 saturated carbocycles. The van der Waals surface area contributed by atoms with E-state index in [-0.39, 0.29) is 0 Å². The Hall–Kier alpha value is 0.300. The summed E-state index contributed by atoms with van der Waals surface area (Å²) in [5.74, 6) is 0. The van der Waals surface area contributed by atoms with Crippen molar-refractivity contribution in [2.24, 2.45) is 0 Å². The normalized spacial score (nSPS) is 28.1. The van der Waals surface area contributed by atoms with E-state index >= 15 is 0 Å². The third-order valence-corrected chi connectivity index (χ3v) is 4.04. The average Bonchev–Trinajstić information content (AvgIpc) is 1.84. The van der Waals surface area contributed by atoms with Gasteiger partial charge in [-0.1, -0.05) is 25.2 Å². The lowest BCUT2D eigenvalue weighted by molar-refractivity contribution is 0.949. The zero-order chi connectivity index (χ0) is 5.33. The molecule has 1 rings (SSSR count). The lowest BCUT2D eigenvalue weighted by Crippen LogP contribution is -1.73. The van der Waals surface area contributed by atoms with Crippen LogP contribution in [0.15, 0.2) is 0 Å². The van der Waals surface area contributed by atoms with Crippen molar-refractivity contribution < 1.29 is 0 Å². The Kier molecular flexibility index (Phi) is 1.30. The maximum absolute atomic E-state index is 4.07. The van der Waals surface area contributed by atoms with Gasteiger partial charge in [-0.2, -0.15) is 0 Å². The molecule has 42 valence electrons. The SMILES string of the molecule is C=P1([CH2-])CCCC1. The highest BCUT2D eigenvalue weighted by Crippen LogP contribution is 2.49. The van der Waals surface area contributed by atoms with E-state index in [0.29, 0.717) is 0 Å². The lowest BCUT2D eigenvalue weighted by Gasteiger charge is -2.16. The Balaban J connectivity index is 2.57. The third kappa shape index (κ3) is 1.35. The van der Waals surface area contributed by atoms with Gasteiger partial charge in [0.05, 0.1) is 0 Å². The molecule has 1 aliphatic rings. The molecule has 0 aromatic carbocycles. The second-order valence-electron chi connectivity index (χ2n) is 2.50. The molecule has 7 heavy (non-hydrogen) atoms. The standard InChI is InChI=1S/C6H12P/c1-7(2)5-3-4-6-7/h1-6H2/q-1. The van der Waals surface area contributed by atoms with Crippen molar-refractivity contribution in [1.82, 2.24) is 0 Å². The summed E-state index contributed by atoms with van der Waals surface area (Å²) >= 11 is 0. The molecule has 0 N–H and O–H groups in total. The molecule has 1 heteroatoms. The largest absolute Gasteiger partial charge is 0.315 e. The van der Waals surface area contributed by atoms with Crippen LogP contribution in [0.3, 0.4) is 0 Å². The first-order chi connectivity index (χ1) is 3.21. The molecule has 0 aliphatic carbocycles. The fourth-order valence-corrected chi connectivity index (χ4v) is 3.02. The Morgan fingerprint density at radius 2 is 1.71 bits per heavy atom. The van der Waals surface area contributed by atoms with Gasteiger partial charge in [0, 0.05) is 0 Å². The molecule has 0 spiro atoms. The predicted octanol–water partition coefficient (Wildman–Crippen LogP) is 2.02. The van der Waals surface area contributed by atoms with Gasteiger partial charge in [-0.15, -0.1) is 6.30 Å². The Labute approximate surface area is 45.9 Å². The highest BCUT2D eigenvalue weighted by molar-refractivity contribution is 7.75. The van der Waals surface area contributed by atoms with Crippen LogP contribution >= 0.6 is 6.89 Å². The molecule has 0 bridgehead atoms. The van der Waals surface area contributed by atoms with Crippen LogP contribution in [0.1, 0.15) is 12.8 Å². The fourth-order valence-electron chi connectivity index (χ4n) is 1.01. The van der Waals surface area contributed by atoms with Crippen LogP contribution in [0.2, 0.25) is 0 Å². The van der Waals surface area contributed by atoms with E-state index in [1.807, 2.05) is 0 Å². The van der Waals surface area contributed by atoms with Crippen molar-refractivity contribution in [3.05, 3.63) is 6.66 Å². The summed E-state index contributed by atoms with van der Waals surface area (Å²) in [5, 5.41) is 0. The van der Waals surface area contributed by atoms with Crippen molar-refractivity contribution in [2.75, 3.05) is 12.3 Å². The van der Waals surface area contributed by atoms with Gasteiger partial charge in [0.1, 0.15) is 0 Å². The quantitative estimate of drug-likeness (QED) is 0.334. The Bertz CT molecular complexity index is 94.7. The molecule has 0 aromatic heterocycles. The summed E-state index contributed by atoms with van der Waals surface area (Å²) in [5.41, 5.74) is 0. The summed E-state index contributed by atoms with van der Waals surface area (Å²) in [4.78, 5) is 0. The minimum Gasteiger partial charge on any atom is -0.315 e. The smallest absolute Gasteiger partial charge is 0.0515 e. The maximum atomic E-state index is 4.07. The van der Waals surface area contributed by atoms with Gasteiger partial charge >= 0.3 is 0 Å². The predicted molar refractivity (Wildman–Crippen MR) is 38.4 cm³/mol. The molecule has 0 aromatic rings. The first-order valence-corrected chi connectivity index (χ1v) is 5.29. The van der Waals surface area contributed by atoms with Crippen LogP contribution < -0.4 is 0 Å². The third-order valence-electron chi connectivity index (χ3n) is 1.51. The van der Waals surface area contributed by atoms with E-state index < -0.39 is 6.89 Å². The second-order valence-corrected chi connectivity index (χ2v) is 6.07. The fraction of sp³-hybridized carbons (Fsp3) is 0.667. The van der Waals surface area contributed by atoms with Gasteiger partial charge in [0.15, 0.2) is 0 Å². The van der Waals surface area contributed by atoms with E-state index in [0.717, 1.165) is 0 Å². The molecule has 0 atom stereocenters. The molecular formula is C6H12P-. The van der Waals surface area contributed by atoms with E-state index in [2.05, 4.69) is 13.0 Å². The lowest BCUT2D eigenvalue weighted by atomic mass is 10.4. The molecule has 0 radical (unpaired) electrons. The Morgan fingerprint density at radius 3 is 1.86 bits per heavy atom. The van der Waals surface area contributed by atoms with Gasteiger partial charge < -0.3 is 6.66 Å². The summed E-state index contributed by atoms with van der Waals surface area (Å²) < 4.78 is 0. The van der Waals surface area contributed by atoms with Crippen LogP contribution in [0.25, 0.3) is 0 Å². The zero-order valence-electron chi connectivity index (χ0n) is 4.69. The van der Waals surface area contributed by atoms with Gasteiger partial charge in [-0.25, -0.2) is 6.89 Å². The van der Waals surface area contributed by atoms with E-state index in [1.54, 1.807) is 0 Å². The number of hydrogen-bond donors (Lipinski definition) is 0. The van der Waals surface area contributed by atoms with Gasteiger partial charge in [0.25, 0.3) is 0 Å². The second kappa shape index (κ2) is 1.67. The van der Waals surface area contributed by atoms with Crippen LogP contribution in [0, 0.1) is 6.66 Å². The van der Waals surface area contributed by atoms with E-state index in [9.17, 15) is 0 Å². The van der Waals surface area contributed by atoms with Crippen LogP contribution in [0.4, 0.5) is 0 Å². The molecule has 0 unspecified atom stereocenters.